The number of halogens is 2. The number of Topliss-reactive ketones (excluding diaryl/α,β-unsaturated/α-hetero) is 1. The summed E-state index contributed by atoms with van der Waals surface area (Å²) < 4.78 is 22.4. The van der Waals surface area contributed by atoms with Crippen LogP contribution in [0, 0.1) is 0 Å². The predicted octanol–water partition coefficient (Wildman–Crippen LogP) is 5.38. The van der Waals surface area contributed by atoms with Crippen LogP contribution in [0.25, 0.3) is 0 Å². The van der Waals surface area contributed by atoms with E-state index in [4.69, 9.17) is 42.3 Å². The normalized spacial score (nSPS) is 11.7. The molecule has 0 N–H and O–H groups in total. The molecule has 11 heteroatoms. The van der Waals surface area contributed by atoms with Crippen LogP contribution in [0.2, 0.25) is 5.02 Å². The highest BCUT2D eigenvalue weighted by Crippen LogP contribution is 2.41. The van der Waals surface area contributed by atoms with Gasteiger partial charge in [-0.1, -0.05) is 17.7 Å². The highest BCUT2D eigenvalue weighted by Gasteiger charge is 2.32. The zero-order valence-corrected chi connectivity index (χ0v) is 20.4. The maximum Gasteiger partial charge on any atom is 0.276 e. The molecule has 1 atom stereocenters. The van der Waals surface area contributed by atoms with Gasteiger partial charge in [0.1, 0.15) is 28.6 Å². The summed E-state index contributed by atoms with van der Waals surface area (Å²) in [7, 11) is 2.86. The number of hydrogen-bond acceptors (Lipinski definition) is 8. The number of carbonyl (C=O) groups is 2. The number of carbonyl (C=O) groups excluding carboxylic acids is 2. The first-order chi connectivity index (χ1) is 15.8. The van der Waals surface area contributed by atoms with E-state index in [1.54, 1.807) is 32.0 Å². The summed E-state index contributed by atoms with van der Waals surface area (Å²) in [4.78, 5) is 25.5. The van der Waals surface area contributed by atoms with Crippen LogP contribution in [-0.2, 0) is 9.59 Å². The Balaban J connectivity index is 2.47. The molecule has 0 fully saturated rings. The standard InChI is InChI=1S/C22H25Cl2N3O6/c1-6-32-17-9-8-10-18(33-7-2)20(17)27(24)22(29)19(13(3)28)26-25-16-12-14(30-4)11-15(23)21(16)31-5/h8-12,19H,6-7H2,1-5H3. The van der Waals surface area contributed by atoms with Gasteiger partial charge in [-0.2, -0.15) is 10.2 Å². The minimum absolute atomic E-state index is 0.163. The van der Waals surface area contributed by atoms with Crippen molar-refractivity contribution in [1.82, 2.24) is 0 Å². The number of rotatable bonds is 11. The molecule has 2 aromatic rings. The maximum atomic E-state index is 13.2. The third-order valence-corrected chi connectivity index (χ3v) is 4.91. The summed E-state index contributed by atoms with van der Waals surface area (Å²) in [6.45, 7) is 5.44. The lowest BCUT2D eigenvalue weighted by Gasteiger charge is -2.22. The van der Waals surface area contributed by atoms with Crippen molar-refractivity contribution < 1.29 is 28.5 Å². The highest BCUT2D eigenvalue weighted by molar-refractivity contribution is 6.40. The van der Waals surface area contributed by atoms with E-state index in [-0.39, 0.29) is 22.1 Å². The van der Waals surface area contributed by atoms with Gasteiger partial charge in [0.15, 0.2) is 11.5 Å². The number of amides is 1. The minimum atomic E-state index is -1.54. The van der Waals surface area contributed by atoms with Gasteiger partial charge in [-0.05, 0) is 32.9 Å². The van der Waals surface area contributed by atoms with E-state index >= 15 is 0 Å². The van der Waals surface area contributed by atoms with E-state index in [1.807, 2.05) is 0 Å². The average Bonchev–Trinajstić information content (AvgIpc) is 2.78. The molecule has 178 valence electrons. The van der Waals surface area contributed by atoms with Crippen molar-refractivity contribution in [2.75, 3.05) is 31.9 Å². The zero-order chi connectivity index (χ0) is 24.5. The first kappa shape index (κ1) is 26.2. The van der Waals surface area contributed by atoms with E-state index in [0.29, 0.717) is 30.5 Å². The Hall–Kier alpha value is -3.04. The minimum Gasteiger partial charge on any atom is -0.497 e. The first-order valence-electron chi connectivity index (χ1n) is 10.00. The Labute approximate surface area is 202 Å². The summed E-state index contributed by atoms with van der Waals surface area (Å²) in [5.41, 5.74) is 0.336. The van der Waals surface area contributed by atoms with Crippen LogP contribution in [-0.4, -0.2) is 45.2 Å². The molecule has 1 amide bonds. The van der Waals surface area contributed by atoms with Crippen LogP contribution >= 0.6 is 23.4 Å². The summed E-state index contributed by atoms with van der Waals surface area (Å²) in [5.74, 6) is -0.187. The number of anilines is 1. The summed E-state index contributed by atoms with van der Waals surface area (Å²) in [6, 6.07) is 6.48. The van der Waals surface area contributed by atoms with Gasteiger partial charge >= 0.3 is 0 Å². The molecule has 2 aromatic carbocycles. The average molecular weight is 498 g/mol. The van der Waals surface area contributed by atoms with E-state index < -0.39 is 17.7 Å². The molecule has 0 aromatic heterocycles. The third kappa shape index (κ3) is 6.27. The smallest absolute Gasteiger partial charge is 0.276 e. The molecule has 0 aliphatic heterocycles. The quantitative estimate of drug-likeness (QED) is 0.234. The fraction of sp³-hybridized carbons (Fsp3) is 0.364. The lowest BCUT2D eigenvalue weighted by Crippen LogP contribution is -2.36. The summed E-state index contributed by atoms with van der Waals surface area (Å²) in [6.07, 6.45) is 0. The summed E-state index contributed by atoms with van der Waals surface area (Å²) >= 11 is 12.6. The molecule has 33 heavy (non-hydrogen) atoms. The predicted molar refractivity (Wildman–Crippen MR) is 126 cm³/mol. The monoisotopic (exact) mass is 497 g/mol. The van der Waals surface area contributed by atoms with Gasteiger partial charge in [0.25, 0.3) is 5.91 Å². The lowest BCUT2D eigenvalue weighted by atomic mass is 10.2. The molecule has 0 spiro atoms. The SMILES string of the molecule is CCOc1cccc(OCC)c1N(Cl)C(=O)C(N=Nc1cc(OC)cc(Cl)c1OC)C(C)=O. The van der Waals surface area contributed by atoms with Gasteiger partial charge in [0, 0.05) is 23.9 Å². The maximum absolute atomic E-state index is 13.2. The zero-order valence-electron chi connectivity index (χ0n) is 18.9. The lowest BCUT2D eigenvalue weighted by molar-refractivity contribution is -0.126. The molecule has 0 aliphatic carbocycles. The fourth-order valence-electron chi connectivity index (χ4n) is 2.83. The highest BCUT2D eigenvalue weighted by atomic mass is 35.5. The van der Waals surface area contributed by atoms with Crippen molar-refractivity contribution in [3.63, 3.8) is 0 Å². The Morgan fingerprint density at radius 2 is 1.67 bits per heavy atom. The molecule has 0 bridgehead atoms. The van der Waals surface area contributed by atoms with Crippen LogP contribution in [0.4, 0.5) is 11.4 Å². The number of methoxy groups -OCH3 is 2. The second-order valence-corrected chi connectivity index (χ2v) is 7.22. The molecular formula is C22H25Cl2N3O6. The molecule has 0 heterocycles. The van der Waals surface area contributed by atoms with Gasteiger partial charge in [0.2, 0.25) is 6.04 Å². The largest absolute Gasteiger partial charge is 0.497 e. The van der Waals surface area contributed by atoms with E-state index in [2.05, 4.69) is 10.2 Å². The molecule has 1 unspecified atom stereocenters. The third-order valence-electron chi connectivity index (χ3n) is 4.29. The molecular weight excluding hydrogens is 473 g/mol. The topological polar surface area (TPSA) is 99.0 Å². The van der Waals surface area contributed by atoms with Gasteiger partial charge < -0.3 is 18.9 Å². The van der Waals surface area contributed by atoms with Crippen molar-refractivity contribution >= 4 is 46.4 Å². The van der Waals surface area contributed by atoms with Gasteiger partial charge in [-0.15, -0.1) is 0 Å². The van der Waals surface area contributed by atoms with E-state index in [0.717, 1.165) is 4.42 Å². The van der Waals surface area contributed by atoms with E-state index in [1.165, 1.54) is 33.3 Å². The van der Waals surface area contributed by atoms with Crippen LogP contribution in [0.15, 0.2) is 40.6 Å². The summed E-state index contributed by atoms with van der Waals surface area (Å²) in [5, 5.41) is 8.19. The van der Waals surface area contributed by atoms with Gasteiger partial charge in [-0.3, -0.25) is 9.59 Å². The molecule has 2 rings (SSSR count). The van der Waals surface area contributed by atoms with Crippen LogP contribution in [0.3, 0.4) is 0 Å². The van der Waals surface area contributed by atoms with Crippen molar-refractivity contribution in [2.24, 2.45) is 10.2 Å². The Morgan fingerprint density at radius 3 is 2.15 bits per heavy atom. The number of nitrogens with zero attached hydrogens (tertiary/aromatic N) is 3. The van der Waals surface area contributed by atoms with Crippen molar-refractivity contribution in [2.45, 2.75) is 26.8 Å². The van der Waals surface area contributed by atoms with Crippen molar-refractivity contribution in [3.8, 4) is 23.0 Å². The van der Waals surface area contributed by atoms with E-state index in [9.17, 15) is 9.59 Å². The second kappa shape index (κ2) is 12.3. The van der Waals surface area contributed by atoms with Crippen molar-refractivity contribution in [1.29, 1.82) is 0 Å². The number of ether oxygens (including phenoxy) is 4. The van der Waals surface area contributed by atoms with Gasteiger partial charge in [-0.25, -0.2) is 4.42 Å². The molecule has 0 saturated heterocycles. The number of ketones is 1. The second-order valence-electron chi connectivity index (χ2n) is 6.48. The fourth-order valence-corrected chi connectivity index (χ4v) is 3.37. The Bertz CT molecular complexity index is 1010. The van der Waals surface area contributed by atoms with Crippen LogP contribution in [0.1, 0.15) is 20.8 Å². The van der Waals surface area contributed by atoms with Gasteiger partial charge in [0.05, 0.1) is 32.5 Å². The number of benzene rings is 2. The number of azo groups is 1. The number of para-hydroxylation sites is 1. The molecule has 9 nitrogen and oxygen atoms in total. The van der Waals surface area contributed by atoms with Crippen LogP contribution in [0.5, 0.6) is 23.0 Å². The molecule has 0 radical (unpaired) electrons. The van der Waals surface area contributed by atoms with Crippen LogP contribution < -0.4 is 23.4 Å². The molecule has 0 saturated carbocycles. The Morgan fingerprint density at radius 1 is 1.06 bits per heavy atom. The van der Waals surface area contributed by atoms with Crippen molar-refractivity contribution in [3.05, 3.63) is 35.4 Å². The number of hydrogen-bond donors (Lipinski definition) is 0. The molecule has 0 aliphatic rings. The Kier molecular flexibility index (Phi) is 9.74. The first-order valence-corrected chi connectivity index (χ1v) is 10.7.